The van der Waals surface area contributed by atoms with Crippen LogP contribution in [0.2, 0.25) is 0 Å². The van der Waals surface area contributed by atoms with Crippen molar-refractivity contribution >= 4 is 39.8 Å². The van der Waals surface area contributed by atoms with Crippen LogP contribution in [0.25, 0.3) is 0 Å². The van der Waals surface area contributed by atoms with Gasteiger partial charge in [0.1, 0.15) is 9.84 Å². The Labute approximate surface area is 152 Å². The van der Waals surface area contributed by atoms with Crippen LogP contribution in [0.3, 0.4) is 0 Å². The fraction of sp³-hybridized carbons (Fsp3) is 0.929. The van der Waals surface area contributed by atoms with Gasteiger partial charge in [0.2, 0.25) is 0 Å². The molecule has 0 radical (unpaired) electrons. The highest BCUT2D eigenvalue weighted by molar-refractivity contribution is 14.0. The van der Waals surface area contributed by atoms with Crippen LogP contribution in [-0.2, 0) is 14.6 Å². The molecule has 0 amide bonds. The second-order valence-electron chi connectivity index (χ2n) is 5.19. The van der Waals surface area contributed by atoms with E-state index in [1.807, 2.05) is 13.8 Å². The van der Waals surface area contributed by atoms with Crippen molar-refractivity contribution in [3.8, 4) is 0 Å². The summed E-state index contributed by atoms with van der Waals surface area (Å²) in [5.41, 5.74) is 0. The molecule has 2 N–H and O–H groups in total. The Kier molecular flexibility index (Phi) is 15.9. The molecule has 0 bridgehead atoms. The van der Waals surface area contributed by atoms with E-state index in [9.17, 15) is 8.42 Å². The number of guanidine groups is 1. The molecule has 0 aromatic heterocycles. The summed E-state index contributed by atoms with van der Waals surface area (Å²) < 4.78 is 27.8. The quantitative estimate of drug-likeness (QED) is 0.218. The van der Waals surface area contributed by atoms with Crippen LogP contribution in [0.15, 0.2) is 4.99 Å². The van der Waals surface area contributed by atoms with E-state index in [1.54, 1.807) is 0 Å². The highest BCUT2D eigenvalue weighted by Gasteiger charge is 2.09. The van der Waals surface area contributed by atoms with Crippen LogP contribution in [0.4, 0.5) is 0 Å². The molecule has 1 unspecified atom stereocenters. The topological polar surface area (TPSA) is 79.8 Å². The van der Waals surface area contributed by atoms with Crippen LogP contribution >= 0.6 is 24.0 Å². The molecule has 0 saturated heterocycles. The van der Waals surface area contributed by atoms with Gasteiger partial charge in [0, 0.05) is 25.4 Å². The zero-order chi connectivity index (χ0) is 16.1. The molecule has 0 aliphatic heterocycles. The van der Waals surface area contributed by atoms with Gasteiger partial charge in [-0.15, -0.1) is 24.0 Å². The lowest BCUT2D eigenvalue weighted by molar-refractivity contribution is 0.139. The first-order valence-corrected chi connectivity index (χ1v) is 9.75. The Morgan fingerprint density at radius 2 is 1.95 bits per heavy atom. The van der Waals surface area contributed by atoms with E-state index >= 15 is 0 Å². The maximum absolute atomic E-state index is 11.2. The highest BCUT2D eigenvalue weighted by Crippen LogP contribution is 1.95. The number of unbranched alkanes of at least 4 members (excludes halogenated alkanes) is 1. The SMILES string of the molecule is CCCCOCCN=C(NCC)NC(C)CCS(C)(=O)=O.I. The van der Waals surface area contributed by atoms with E-state index < -0.39 is 9.84 Å². The molecule has 0 fully saturated rings. The predicted octanol–water partition coefficient (Wildman–Crippen LogP) is 1.80. The molecule has 134 valence electrons. The van der Waals surface area contributed by atoms with Crippen molar-refractivity contribution in [1.82, 2.24) is 10.6 Å². The monoisotopic (exact) mass is 449 g/mol. The van der Waals surface area contributed by atoms with Gasteiger partial charge in [-0.1, -0.05) is 13.3 Å². The summed E-state index contributed by atoms with van der Waals surface area (Å²) in [6.07, 6.45) is 4.03. The van der Waals surface area contributed by atoms with Gasteiger partial charge in [0.05, 0.1) is 18.9 Å². The third-order valence-electron chi connectivity index (χ3n) is 2.80. The van der Waals surface area contributed by atoms with E-state index in [0.29, 0.717) is 25.5 Å². The lowest BCUT2D eigenvalue weighted by Gasteiger charge is -2.17. The first kappa shape index (κ1) is 24.2. The summed E-state index contributed by atoms with van der Waals surface area (Å²) >= 11 is 0. The average molecular weight is 449 g/mol. The third-order valence-corrected chi connectivity index (χ3v) is 3.77. The fourth-order valence-electron chi connectivity index (χ4n) is 1.59. The van der Waals surface area contributed by atoms with Crippen LogP contribution < -0.4 is 10.6 Å². The van der Waals surface area contributed by atoms with Crippen LogP contribution in [0.5, 0.6) is 0 Å². The first-order chi connectivity index (χ1) is 9.89. The lowest BCUT2D eigenvalue weighted by atomic mass is 10.3. The minimum absolute atomic E-state index is 0. The summed E-state index contributed by atoms with van der Waals surface area (Å²) in [5.74, 6) is 0.887. The zero-order valence-electron chi connectivity index (χ0n) is 14.2. The van der Waals surface area contributed by atoms with Crippen molar-refractivity contribution in [2.45, 2.75) is 46.1 Å². The molecule has 0 spiro atoms. The number of sulfone groups is 1. The molecule has 0 saturated carbocycles. The number of rotatable bonds is 11. The van der Waals surface area contributed by atoms with Gasteiger partial charge in [-0.25, -0.2) is 8.42 Å². The molecule has 0 aliphatic carbocycles. The van der Waals surface area contributed by atoms with Gasteiger partial charge < -0.3 is 15.4 Å². The third kappa shape index (κ3) is 16.3. The van der Waals surface area contributed by atoms with Crippen molar-refractivity contribution in [2.24, 2.45) is 4.99 Å². The molecular weight excluding hydrogens is 417 g/mol. The number of aliphatic imine (C=N–C) groups is 1. The summed E-state index contributed by atoms with van der Waals surface area (Å²) in [6, 6.07) is 0.0542. The molecule has 1 atom stereocenters. The predicted molar refractivity (Wildman–Crippen MR) is 104 cm³/mol. The van der Waals surface area contributed by atoms with Crippen molar-refractivity contribution in [3.05, 3.63) is 0 Å². The van der Waals surface area contributed by atoms with Crippen molar-refractivity contribution < 1.29 is 13.2 Å². The molecule has 0 aliphatic rings. The molecule has 6 nitrogen and oxygen atoms in total. The summed E-state index contributed by atoms with van der Waals surface area (Å²) in [7, 11) is -2.92. The Hall–Kier alpha value is -0.0900. The minimum Gasteiger partial charge on any atom is -0.380 e. The number of hydrogen-bond acceptors (Lipinski definition) is 4. The number of halogens is 1. The van der Waals surface area contributed by atoms with E-state index in [-0.39, 0.29) is 35.8 Å². The highest BCUT2D eigenvalue weighted by atomic mass is 127. The van der Waals surface area contributed by atoms with Gasteiger partial charge in [0.25, 0.3) is 0 Å². The van der Waals surface area contributed by atoms with Crippen molar-refractivity contribution in [1.29, 1.82) is 0 Å². The van der Waals surface area contributed by atoms with Gasteiger partial charge >= 0.3 is 0 Å². The number of nitrogens with zero attached hydrogens (tertiary/aromatic N) is 1. The maximum Gasteiger partial charge on any atom is 0.191 e. The van der Waals surface area contributed by atoms with Crippen LogP contribution in [-0.4, -0.2) is 58.7 Å². The summed E-state index contributed by atoms with van der Waals surface area (Å²) in [5, 5.41) is 6.36. The minimum atomic E-state index is -2.92. The second-order valence-corrected chi connectivity index (χ2v) is 7.45. The Bertz CT molecular complexity index is 389. The van der Waals surface area contributed by atoms with Crippen LogP contribution in [0, 0.1) is 0 Å². The molecule has 0 rings (SSSR count). The Morgan fingerprint density at radius 1 is 1.27 bits per heavy atom. The number of hydrogen-bond donors (Lipinski definition) is 2. The summed E-state index contributed by atoms with van der Waals surface area (Å²) in [4.78, 5) is 4.42. The molecular formula is C14H32IN3O3S. The second kappa shape index (κ2) is 14.5. The molecule has 8 heteroatoms. The normalized spacial score (nSPS) is 13.4. The van der Waals surface area contributed by atoms with E-state index in [2.05, 4.69) is 22.5 Å². The van der Waals surface area contributed by atoms with Crippen LogP contribution in [0.1, 0.15) is 40.0 Å². The number of ether oxygens (including phenoxy) is 1. The number of nitrogens with one attached hydrogen (secondary N) is 2. The Morgan fingerprint density at radius 3 is 2.50 bits per heavy atom. The standard InChI is InChI=1S/C14H31N3O3S.HI/c1-5-7-10-20-11-9-16-14(15-6-2)17-13(3)8-12-21(4,18)19;/h13H,5-12H2,1-4H3,(H2,15,16,17);1H. The van der Waals surface area contributed by atoms with E-state index in [0.717, 1.165) is 26.0 Å². The van der Waals surface area contributed by atoms with Crippen molar-refractivity contribution in [3.63, 3.8) is 0 Å². The summed E-state index contributed by atoms with van der Waals surface area (Å²) in [6.45, 7) is 8.83. The molecule has 22 heavy (non-hydrogen) atoms. The van der Waals surface area contributed by atoms with E-state index in [1.165, 1.54) is 6.26 Å². The largest absolute Gasteiger partial charge is 0.380 e. The zero-order valence-corrected chi connectivity index (χ0v) is 17.4. The van der Waals surface area contributed by atoms with E-state index in [4.69, 9.17) is 4.74 Å². The van der Waals surface area contributed by atoms with Gasteiger partial charge in [-0.3, -0.25) is 4.99 Å². The van der Waals surface area contributed by atoms with Gasteiger partial charge in [-0.2, -0.15) is 0 Å². The molecule has 0 aromatic rings. The van der Waals surface area contributed by atoms with Gasteiger partial charge in [0.15, 0.2) is 5.96 Å². The smallest absolute Gasteiger partial charge is 0.191 e. The lowest BCUT2D eigenvalue weighted by Crippen LogP contribution is -2.43. The van der Waals surface area contributed by atoms with Crippen molar-refractivity contribution in [2.75, 3.05) is 38.3 Å². The molecule has 0 aromatic carbocycles. The maximum atomic E-state index is 11.2. The molecule has 0 heterocycles. The van der Waals surface area contributed by atoms with Gasteiger partial charge in [-0.05, 0) is 26.7 Å². The first-order valence-electron chi connectivity index (χ1n) is 7.69. The Balaban J connectivity index is 0. The fourth-order valence-corrected chi connectivity index (χ4v) is 2.37. The average Bonchev–Trinajstić information content (AvgIpc) is 2.40.